The molecule has 188 valence electrons. The summed E-state index contributed by atoms with van der Waals surface area (Å²) in [6.45, 7) is 7.85. The lowest BCUT2D eigenvalue weighted by Gasteiger charge is -2.53. The summed E-state index contributed by atoms with van der Waals surface area (Å²) in [5, 5.41) is 3.58. The van der Waals surface area contributed by atoms with Crippen LogP contribution >= 0.6 is 0 Å². The molecule has 4 bridgehead atoms. The van der Waals surface area contributed by atoms with Gasteiger partial charge in [-0.2, -0.15) is 0 Å². The molecule has 1 aromatic carbocycles. The zero-order chi connectivity index (χ0) is 24.3. The zero-order valence-corrected chi connectivity index (χ0v) is 21.1. The highest BCUT2D eigenvalue weighted by atomic mass is 16.5. The van der Waals surface area contributed by atoms with E-state index < -0.39 is 6.09 Å². The predicted octanol–water partition coefficient (Wildman–Crippen LogP) is 3.34. The molecular formula is C27H37N5O3. The summed E-state index contributed by atoms with van der Waals surface area (Å²) >= 11 is 0. The summed E-state index contributed by atoms with van der Waals surface area (Å²) in [6.07, 6.45) is 4.13. The van der Waals surface area contributed by atoms with Gasteiger partial charge < -0.3 is 19.9 Å². The van der Waals surface area contributed by atoms with Crippen molar-refractivity contribution in [2.45, 2.75) is 44.6 Å². The average molecular weight is 480 g/mol. The molecule has 8 nitrogen and oxygen atoms in total. The van der Waals surface area contributed by atoms with Crippen LogP contribution in [0.1, 0.15) is 43.4 Å². The van der Waals surface area contributed by atoms with E-state index in [0.717, 1.165) is 50.0 Å². The summed E-state index contributed by atoms with van der Waals surface area (Å²) in [6, 6.07) is 6.38. The molecule has 5 heterocycles. The Labute approximate surface area is 207 Å². The van der Waals surface area contributed by atoms with E-state index in [4.69, 9.17) is 4.74 Å². The van der Waals surface area contributed by atoms with Gasteiger partial charge in [0, 0.05) is 69.4 Å². The van der Waals surface area contributed by atoms with Crippen molar-refractivity contribution in [1.29, 1.82) is 0 Å². The van der Waals surface area contributed by atoms with E-state index >= 15 is 0 Å². The zero-order valence-electron chi connectivity index (χ0n) is 21.1. The van der Waals surface area contributed by atoms with Gasteiger partial charge in [-0.05, 0) is 61.9 Å². The van der Waals surface area contributed by atoms with Crippen LogP contribution in [0.15, 0.2) is 18.2 Å². The van der Waals surface area contributed by atoms with Gasteiger partial charge in [-0.1, -0.05) is 13.3 Å². The van der Waals surface area contributed by atoms with Crippen LogP contribution in [0.3, 0.4) is 0 Å². The molecule has 0 radical (unpaired) electrons. The Bertz CT molecular complexity index is 1150. The van der Waals surface area contributed by atoms with E-state index in [1.165, 1.54) is 37.1 Å². The molecule has 1 N–H and O–H groups in total. The second-order valence-corrected chi connectivity index (χ2v) is 10.9. The standard InChI is InChI=1S/C27H37N5O3/c1-4-18-13-17-14-22-24(18)31(16-17)8-7-20-21-15-19(35-26(33)28-2)5-6-23(21)32(25(20)22)27(34)30-11-9-29(3)10-12-30/h5-6,15,17-18,22,24H,4,7-14,16H2,1-3H3,(H,28,33)/t17-,18-,22+,24?/m0/s1. The van der Waals surface area contributed by atoms with Gasteiger partial charge in [-0.3, -0.25) is 9.47 Å². The number of benzene rings is 1. The number of piperazine rings is 1. The average Bonchev–Trinajstić information content (AvgIpc) is 3.14. The third-order valence-corrected chi connectivity index (χ3v) is 9.02. The Balaban J connectivity index is 1.50. The molecule has 4 fully saturated rings. The quantitative estimate of drug-likeness (QED) is 0.716. The molecule has 2 unspecified atom stereocenters. The highest BCUT2D eigenvalue weighted by Crippen LogP contribution is 2.52. The van der Waals surface area contributed by atoms with Crippen LogP contribution in [0.2, 0.25) is 0 Å². The SMILES string of the molecule is CC[C@H]1C[C@H]2C[C@H]3c4c(c5cc(OC(=O)NC)ccc5n4C(=O)N4CCN(C)CC4)CCN(C2)C13. The third-order valence-electron chi connectivity index (χ3n) is 9.02. The maximum absolute atomic E-state index is 14.2. The molecule has 35 heavy (non-hydrogen) atoms. The van der Waals surface area contributed by atoms with E-state index in [9.17, 15) is 9.59 Å². The van der Waals surface area contributed by atoms with Gasteiger partial charge >= 0.3 is 12.1 Å². The highest BCUT2D eigenvalue weighted by Gasteiger charge is 2.50. The Morgan fingerprint density at radius 1 is 1.11 bits per heavy atom. The monoisotopic (exact) mass is 479 g/mol. The first kappa shape index (κ1) is 22.9. The van der Waals surface area contributed by atoms with Gasteiger partial charge in [0.25, 0.3) is 0 Å². The number of piperidine rings is 2. The van der Waals surface area contributed by atoms with Crippen LogP contribution in [0.25, 0.3) is 10.9 Å². The number of carbonyl (C=O) groups is 2. The Kier molecular flexibility index (Phi) is 5.76. The molecule has 7 rings (SSSR count). The summed E-state index contributed by atoms with van der Waals surface area (Å²) < 4.78 is 7.55. The van der Waals surface area contributed by atoms with Crippen molar-refractivity contribution in [2.24, 2.45) is 11.8 Å². The lowest BCUT2D eigenvalue weighted by atomic mass is 9.65. The van der Waals surface area contributed by atoms with Crippen molar-refractivity contribution in [3.63, 3.8) is 0 Å². The number of ether oxygens (including phenoxy) is 1. The highest BCUT2D eigenvalue weighted by molar-refractivity contribution is 5.97. The molecule has 5 atom stereocenters. The fourth-order valence-electron chi connectivity index (χ4n) is 7.40. The van der Waals surface area contributed by atoms with E-state index in [2.05, 4.69) is 33.7 Å². The van der Waals surface area contributed by atoms with Gasteiger partial charge in [0.2, 0.25) is 0 Å². The van der Waals surface area contributed by atoms with E-state index in [-0.39, 0.29) is 6.03 Å². The van der Waals surface area contributed by atoms with Crippen molar-refractivity contribution in [3.8, 4) is 5.75 Å². The van der Waals surface area contributed by atoms with Crippen molar-refractivity contribution in [3.05, 3.63) is 29.5 Å². The number of nitrogens with one attached hydrogen (secondary N) is 1. The smallest absolute Gasteiger partial charge is 0.410 e. The summed E-state index contributed by atoms with van der Waals surface area (Å²) in [5.41, 5.74) is 3.46. The molecular weight excluding hydrogens is 442 g/mol. The van der Waals surface area contributed by atoms with Crippen molar-refractivity contribution in [1.82, 2.24) is 24.6 Å². The molecule has 5 aliphatic rings. The van der Waals surface area contributed by atoms with Gasteiger partial charge in [-0.15, -0.1) is 0 Å². The van der Waals surface area contributed by atoms with Crippen molar-refractivity contribution in [2.75, 3.05) is 53.4 Å². The van der Waals surface area contributed by atoms with Crippen LogP contribution in [0, 0.1) is 11.8 Å². The molecule has 2 aromatic rings. The van der Waals surface area contributed by atoms with Crippen LogP contribution in [-0.4, -0.2) is 90.8 Å². The number of fused-ring (bicyclic) bond motifs is 4. The van der Waals surface area contributed by atoms with Crippen molar-refractivity contribution < 1.29 is 14.3 Å². The van der Waals surface area contributed by atoms with E-state index in [1.807, 2.05) is 23.1 Å². The number of nitrogens with zero attached hydrogens (tertiary/aromatic N) is 4. The minimum absolute atomic E-state index is 0.104. The molecule has 4 aliphatic heterocycles. The maximum Gasteiger partial charge on any atom is 0.412 e. The fraction of sp³-hybridized carbons (Fsp3) is 0.630. The number of hydrogen-bond acceptors (Lipinski definition) is 5. The number of amides is 2. The van der Waals surface area contributed by atoms with E-state index in [0.29, 0.717) is 29.5 Å². The Morgan fingerprint density at radius 2 is 1.91 bits per heavy atom. The molecule has 1 aromatic heterocycles. The molecule has 1 aliphatic carbocycles. The minimum atomic E-state index is -0.478. The summed E-state index contributed by atoms with van der Waals surface area (Å²) in [5.74, 6) is 2.29. The fourth-order valence-corrected chi connectivity index (χ4v) is 7.40. The van der Waals surface area contributed by atoms with Gasteiger partial charge in [-0.25, -0.2) is 9.59 Å². The van der Waals surface area contributed by atoms with Crippen molar-refractivity contribution >= 4 is 23.0 Å². The maximum atomic E-state index is 14.2. The van der Waals surface area contributed by atoms with Gasteiger partial charge in [0.1, 0.15) is 5.75 Å². The number of likely N-dealkylation sites (N-methyl/N-ethyl adjacent to an activating group) is 1. The largest absolute Gasteiger partial charge is 0.412 e. The Hall–Kier alpha value is -2.58. The predicted molar refractivity (Wildman–Crippen MR) is 135 cm³/mol. The first-order valence-electron chi connectivity index (χ1n) is 13.3. The number of aromatic nitrogens is 1. The number of carbonyl (C=O) groups excluding carboxylic acids is 2. The van der Waals surface area contributed by atoms with Gasteiger partial charge in [0.05, 0.1) is 5.52 Å². The second-order valence-electron chi connectivity index (χ2n) is 10.9. The first-order chi connectivity index (χ1) is 17.0. The normalized spacial score (nSPS) is 30.1. The summed E-state index contributed by atoms with van der Waals surface area (Å²) in [7, 11) is 3.68. The van der Waals surface area contributed by atoms with Crippen LogP contribution in [0.5, 0.6) is 5.75 Å². The molecule has 2 amide bonds. The molecule has 1 saturated carbocycles. The molecule has 0 spiro atoms. The molecule has 3 saturated heterocycles. The number of rotatable bonds is 2. The topological polar surface area (TPSA) is 70.0 Å². The lowest BCUT2D eigenvalue weighted by molar-refractivity contribution is -0.0139. The number of hydrogen-bond donors (Lipinski definition) is 1. The second kappa shape index (κ2) is 8.82. The minimum Gasteiger partial charge on any atom is -0.410 e. The first-order valence-corrected chi connectivity index (χ1v) is 13.3. The van der Waals surface area contributed by atoms with E-state index in [1.54, 1.807) is 7.05 Å². The van der Waals surface area contributed by atoms with Gasteiger partial charge in [0.15, 0.2) is 0 Å². The Morgan fingerprint density at radius 3 is 2.66 bits per heavy atom. The third kappa shape index (κ3) is 3.73. The summed E-state index contributed by atoms with van der Waals surface area (Å²) in [4.78, 5) is 33.1. The lowest BCUT2D eigenvalue weighted by Crippen LogP contribution is -2.56. The van der Waals surface area contributed by atoms with Crippen LogP contribution in [0.4, 0.5) is 9.59 Å². The van der Waals surface area contributed by atoms with Crippen LogP contribution < -0.4 is 10.1 Å². The van der Waals surface area contributed by atoms with Crippen LogP contribution in [-0.2, 0) is 6.42 Å². The molecule has 8 heteroatoms.